The van der Waals surface area contributed by atoms with Gasteiger partial charge in [0.25, 0.3) is 0 Å². The normalized spacial score (nSPS) is 13.4. The van der Waals surface area contributed by atoms with Gasteiger partial charge in [-0.1, -0.05) is 31.6 Å². The van der Waals surface area contributed by atoms with Crippen molar-refractivity contribution in [1.29, 1.82) is 0 Å². The molecule has 0 amide bonds. The summed E-state index contributed by atoms with van der Waals surface area (Å²) >= 11 is 1.33. The molecule has 0 N–H and O–H groups in total. The van der Waals surface area contributed by atoms with Gasteiger partial charge in [0.2, 0.25) is 0 Å². The van der Waals surface area contributed by atoms with Crippen LogP contribution in [0.1, 0.15) is 39.1 Å². The highest BCUT2D eigenvalue weighted by atomic mass is 32.3. The molecule has 7 heteroatoms. The molecule has 0 bridgehead atoms. The quantitative estimate of drug-likeness (QED) is 0.799. The summed E-state index contributed by atoms with van der Waals surface area (Å²) in [5.74, 6) is 0. The second kappa shape index (κ2) is 4.03. The van der Waals surface area contributed by atoms with Crippen LogP contribution in [0.5, 0.6) is 0 Å². The van der Waals surface area contributed by atoms with E-state index >= 15 is 0 Å². The summed E-state index contributed by atoms with van der Waals surface area (Å²) in [4.78, 5) is 4.80. The van der Waals surface area contributed by atoms with Crippen LogP contribution in [-0.2, 0) is 22.1 Å². The number of fused-ring (bicyclic) bond motifs is 1. The highest BCUT2D eigenvalue weighted by Gasteiger charge is 2.33. The third-order valence-electron chi connectivity index (χ3n) is 2.70. The van der Waals surface area contributed by atoms with Gasteiger partial charge in [-0.15, -0.1) is 11.3 Å². The molecule has 2 aromatic rings. The van der Waals surface area contributed by atoms with E-state index in [1.165, 1.54) is 15.7 Å². The summed E-state index contributed by atoms with van der Waals surface area (Å²) in [6.45, 7) is 7.35. The third-order valence-corrected chi connectivity index (χ3v) is 4.41. The minimum Gasteiger partial charge on any atom is -0.275 e. The van der Waals surface area contributed by atoms with Gasteiger partial charge in [-0.2, -0.15) is 8.42 Å². The van der Waals surface area contributed by atoms with Crippen molar-refractivity contribution in [2.24, 2.45) is 0 Å². The lowest BCUT2D eigenvalue weighted by Crippen LogP contribution is -2.16. The molecule has 0 aliphatic rings. The molecule has 2 heterocycles. The Bertz CT molecular complexity index is 693. The van der Waals surface area contributed by atoms with E-state index in [1.807, 2.05) is 33.1 Å². The second-order valence-corrected chi connectivity index (χ2v) is 7.25. The van der Waals surface area contributed by atoms with Gasteiger partial charge in [-0.3, -0.25) is 4.40 Å². The number of rotatable bonds is 2. The first-order valence-electron chi connectivity index (χ1n) is 5.60. The molecule has 0 fully saturated rings. The minimum atomic E-state index is -4.80. The van der Waals surface area contributed by atoms with Crippen molar-refractivity contribution in [1.82, 2.24) is 9.38 Å². The molecule has 0 aliphatic heterocycles. The number of nitrogens with zero attached hydrogens (tertiary/aromatic N) is 2. The number of aromatic nitrogens is 2. The van der Waals surface area contributed by atoms with Gasteiger partial charge in [0.15, 0.2) is 9.99 Å². The highest BCUT2D eigenvalue weighted by molar-refractivity contribution is 7.86. The summed E-state index contributed by atoms with van der Waals surface area (Å²) < 4.78 is 37.8. The Morgan fingerprint density at radius 3 is 2.50 bits per heavy atom. The van der Waals surface area contributed by atoms with Crippen molar-refractivity contribution >= 4 is 26.5 Å². The molecule has 0 aromatic carbocycles. The van der Waals surface area contributed by atoms with Crippen LogP contribution in [0.15, 0.2) is 10.4 Å². The van der Waals surface area contributed by atoms with E-state index in [2.05, 4.69) is 4.98 Å². The molecule has 0 radical (unpaired) electrons. The van der Waals surface area contributed by atoms with Crippen molar-refractivity contribution in [3.63, 3.8) is 0 Å². The highest BCUT2D eigenvalue weighted by Crippen LogP contribution is 2.33. The van der Waals surface area contributed by atoms with Crippen LogP contribution in [0.4, 0.5) is 3.89 Å². The number of hydrogen-bond acceptors (Lipinski definition) is 4. The summed E-state index contributed by atoms with van der Waals surface area (Å²) in [6, 6.07) is 0. The largest absolute Gasteiger partial charge is 0.350 e. The van der Waals surface area contributed by atoms with E-state index in [0.29, 0.717) is 11.4 Å². The Balaban J connectivity index is 2.94. The fraction of sp³-hybridized carbons (Fsp3) is 0.545. The smallest absolute Gasteiger partial charge is 0.275 e. The van der Waals surface area contributed by atoms with E-state index in [0.717, 1.165) is 5.69 Å². The van der Waals surface area contributed by atoms with Crippen molar-refractivity contribution in [2.75, 3.05) is 0 Å². The zero-order valence-electron chi connectivity index (χ0n) is 10.7. The maximum Gasteiger partial charge on any atom is 0.350 e. The van der Waals surface area contributed by atoms with Crippen LogP contribution in [0.3, 0.4) is 0 Å². The number of thiazole rings is 1. The zero-order valence-corrected chi connectivity index (χ0v) is 12.3. The Morgan fingerprint density at radius 1 is 1.44 bits per heavy atom. The second-order valence-electron chi connectivity index (χ2n) is 5.15. The zero-order chi connectivity index (χ0) is 13.7. The number of imidazole rings is 1. The van der Waals surface area contributed by atoms with Crippen LogP contribution < -0.4 is 0 Å². The van der Waals surface area contributed by atoms with E-state index in [1.54, 1.807) is 0 Å². The summed E-state index contributed by atoms with van der Waals surface area (Å²) in [5.41, 5.74) is 0.520. The molecular formula is C11H15FN2O2S2. The van der Waals surface area contributed by atoms with Gasteiger partial charge in [-0.25, -0.2) is 4.98 Å². The molecule has 0 spiro atoms. The Morgan fingerprint density at radius 2 is 2.06 bits per heavy atom. The van der Waals surface area contributed by atoms with E-state index in [4.69, 9.17) is 0 Å². The predicted octanol–water partition coefficient (Wildman–Crippen LogP) is 2.91. The molecule has 100 valence electrons. The van der Waals surface area contributed by atoms with Crippen molar-refractivity contribution in [3.05, 3.63) is 16.8 Å². The van der Waals surface area contributed by atoms with E-state index in [-0.39, 0.29) is 10.7 Å². The van der Waals surface area contributed by atoms with Crippen LogP contribution in [0.25, 0.3) is 4.96 Å². The van der Waals surface area contributed by atoms with Crippen LogP contribution in [0.2, 0.25) is 0 Å². The maximum atomic E-state index is 13.6. The molecule has 18 heavy (non-hydrogen) atoms. The van der Waals surface area contributed by atoms with Gasteiger partial charge < -0.3 is 0 Å². The SMILES string of the molecule is CCc1csc2nc(C(C)(C)C)c(S(=O)(=O)F)n12. The lowest BCUT2D eigenvalue weighted by atomic mass is 9.93. The molecule has 4 nitrogen and oxygen atoms in total. The van der Waals surface area contributed by atoms with Crippen LogP contribution >= 0.6 is 11.3 Å². The number of aryl methyl sites for hydroxylation is 1. The average molecular weight is 290 g/mol. The van der Waals surface area contributed by atoms with Gasteiger partial charge in [-0.05, 0) is 6.42 Å². The van der Waals surface area contributed by atoms with Crippen molar-refractivity contribution < 1.29 is 12.3 Å². The topological polar surface area (TPSA) is 51.4 Å². The first-order chi connectivity index (χ1) is 8.16. The molecule has 0 atom stereocenters. The fourth-order valence-electron chi connectivity index (χ4n) is 1.85. The molecule has 0 unspecified atom stereocenters. The van der Waals surface area contributed by atoms with Gasteiger partial charge >= 0.3 is 10.2 Å². The molecule has 2 aromatic heterocycles. The first-order valence-corrected chi connectivity index (χ1v) is 7.86. The predicted molar refractivity (Wildman–Crippen MR) is 69.4 cm³/mol. The number of halogens is 1. The lowest BCUT2D eigenvalue weighted by Gasteiger charge is -2.16. The molecule has 0 aliphatic carbocycles. The monoisotopic (exact) mass is 290 g/mol. The fourth-order valence-corrected chi connectivity index (χ4v) is 3.88. The van der Waals surface area contributed by atoms with Crippen LogP contribution in [-0.4, -0.2) is 17.8 Å². The van der Waals surface area contributed by atoms with Gasteiger partial charge in [0.05, 0.1) is 5.69 Å². The molecular weight excluding hydrogens is 275 g/mol. The Labute approximate surface area is 110 Å². The van der Waals surface area contributed by atoms with Gasteiger partial charge in [0.1, 0.15) is 0 Å². The Kier molecular flexibility index (Phi) is 3.02. The molecule has 0 saturated heterocycles. The number of hydrogen-bond donors (Lipinski definition) is 0. The third kappa shape index (κ3) is 2.05. The van der Waals surface area contributed by atoms with E-state index < -0.39 is 15.6 Å². The maximum absolute atomic E-state index is 13.6. The molecule has 0 saturated carbocycles. The summed E-state index contributed by atoms with van der Waals surface area (Å²) in [7, 11) is -4.80. The summed E-state index contributed by atoms with van der Waals surface area (Å²) in [6.07, 6.45) is 0.627. The lowest BCUT2D eigenvalue weighted by molar-refractivity contribution is 0.520. The molecule has 2 rings (SSSR count). The Hall–Kier alpha value is -0.950. The van der Waals surface area contributed by atoms with E-state index in [9.17, 15) is 12.3 Å². The summed E-state index contributed by atoms with van der Waals surface area (Å²) in [5, 5.41) is 1.49. The minimum absolute atomic E-state index is 0.284. The van der Waals surface area contributed by atoms with Gasteiger partial charge in [0, 0.05) is 16.5 Å². The average Bonchev–Trinajstić information content (AvgIpc) is 2.70. The standard InChI is InChI=1S/C11H15FN2O2S2/c1-5-7-6-17-10-13-8(11(2,3)4)9(14(7)10)18(12,15)16/h6H,5H2,1-4H3. The van der Waals surface area contributed by atoms with Crippen LogP contribution in [0, 0.1) is 0 Å². The first kappa shape index (κ1) is 13.5. The van der Waals surface area contributed by atoms with Crippen molar-refractivity contribution in [2.45, 2.75) is 44.6 Å². The van der Waals surface area contributed by atoms with Crippen molar-refractivity contribution in [3.8, 4) is 0 Å².